The van der Waals surface area contributed by atoms with Crippen molar-refractivity contribution in [1.82, 2.24) is 19.8 Å². The number of fused-ring (bicyclic) bond motifs is 6. The van der Waals surface area contributed by atoms with Crippen LogP contribution in [0, 0.1) is 0 Å². The summed E-state index contributed by atoms with van der Waals surface area (Å²) in [6.45, 7) is 7.06. The van der Waals surface area contributed by atoms with E-state index in [1.165, 1.54) is 19.6 Å². The Labute approximate surface area is 69.2 Å². The van der Waals surface area contributed by atoms with Gasteiger partial charge >= 0.3 is 9.28 Å². The Morgan fingerprint density at radius 1 is 0.818 bits per heavy atom. The van der Waals surface area contributed by atoms with Gasteiger partial charge in [-0.2, -0.15) is 0 Å². The van der Waals surface area contributed by atoms with Gasteiger partial charge < -0.3 is 14.9 Å². The van der Waals surface area contributed by atoms with E-state index in [0.717, 1.165) is 19.6 Å². The van der Waals surface area contributed by atoms with Crippen LogP contribution in [0.15, 0.2) is 0 Å². The van der Waals surface area contributed by atoms with Crippen molar-refractivity contribution in [2.75, 3.05) is 39.3 Å². The van der Waals surface area contributed by atoms with Gasteiger partial charge in [0.1, 0.15) is 0 Å². The molecule has 0 aromatic heterocycles. The molecule has 3 N–H and O–H groups in total. The molecule has 3 rings (SSSR count). The molecular formula is C6H15N4Si. The van der Waals surface area contributed by atoms with E-state index in [1.54, 1.807) is 0 Å². The lowest BCUT2D eigenvalue weighted by atomic mass is 10.4. The topological polar surface area (TPSA) is 39.3 Å². The van der Waals surface area contributed by atoms with E-state index in [2.05, 4.69) is 19.8 Å². The average Bonchev–Trinajstić information content (AvgIpc) is 1.80. The van der Waals surface area contributed by atoms with Gasteiger partial charge in [0, 0.05) is 39.3 Å². The Morgan fingerprint density at radius 3 is 1.73 bits per heavy atom. The largest absolute Gasteiger partial charge is 0.319 e. The van der Waals surface area contributed by atoms with E-state index >= 15 is 0 Å². The summed E-state index contributed by atoms with van der Waals surface area (Å²) in [5.41, 5.74) is 0. The molecule has 0 aromatic rings. The SMILES string of the molecule is C1CN2CCN[Si](N1)NCC2. The summed E-state index contributed by atoms with van der Waals surface area (Å²) >= 11 is 0. The molecule has 5 heteroatoms. The van der Waals surface area contributed by atoms with Crippen molar-refractivity contribution in [2.45, 2.75) is 0 Å². The number of nitrogens with one attached hydrogen (secondary N) is 3. The van der Waals surface area contributed by atoms with E-state index < -0.39 is 9.28 Å². The molecule has 3 aliphatic rings. The van der Waals surface area contributed by atoms with E-state index in [4.69, 9.17) is 0 Å². The molecule has 0 aromatic carbocycles. The lowest BCUT2D eigenvalue weighted by molar-refractivity contribution is 0.270. The standard InChI is InChI=1S/C6H15N4Si/c1-4-10-5-2-8-11(7-1)9-3-6-10/h7-9H,1-6H2. The zero-order chi connectivity index (χ0) is 7.52. The zero-order valence-corrected chi connectivity index (χ0v) is 7.69. The monoisotopic (exact) mass is 171 g/mol. The van der Waals surface area contributed by atoms with Gasteiger partial charge in [0.2, 0.25) is 0 Å². The first kappa shape index (κ1) is 7.69. The Hall–Kier alpha value is 0.0569. The second kappa shape index (κ2) is 3.64. The maximum atomic E-state index is 3.49. The van der Waals surface area contributed by atoms with Crippen molar-refractivity contribution >= 4 is 9.28 Å². The van der Waals surface area contributed by atoms with Gasteiger partial charge in [0.25, 0.3) is 0 Å². The normalized spacial score (nSPS) is 29.5. The van der Waals surface area contributed by atoms with Crippen molar-refractivity contribution in [2.24, 2.45) is 0 Å². The quantitative estimate of drug-likeness (QED) is 0.371. The van der Waals surface area contributed by atoms with Crippen LogP contribution in [0.4, 0.5) is 0 Å². The Bertz CT molecular complexity index is 96.0. The molecule has 3 aliphatic heterocycles. The minimum Gasteiger partial charge on any atom is -0.311 e. The smallest absolute Gasteiger partial charge is 0.311 e. The number of hydrogen-bond acceptors (Lipinski definition) is 4. The first-order chi connectivity index (χ1) is 5.45. The molecule has 1 radical (unpaired) electrons. The van der Waals surface area contributed by atoms with Gasteiger partial charge in [-0.15, -0.1) is 0 Å². The van der Waals surface area contributed by atoms with Crippen LogP contribution in [0.1, 0.15) is 0 Å². The van der Waals surface area contributed by atoms with E-state index in [9.17, 15) is 0 Å². The summed E-state index contributed by atoms with van der Waals surface area (Å²) in [5, 5.41) is 0. The second-order valence-corrected chi connectivity index (χ2v) is 4.81. The Balaban J connectivity index is 1.96. The van der Waals surface area contributed by atoms with Crippen molar-refractivity contribution in [3.8, 4) is 0 Å². The molecule has 11 heavy (non-hydrogen) atoms. The molecule has 63 valence electrons. The molecule has 0 saturated carbocycles. The minimum atomic E-state index is -0.597. The predicted octanol–water partition coefficient (Wildman–Crippen LogP) is -1.93. The molecule has 0 unspecified atom stereocenters. The molecule has 3 fully saturated rings. The van der Waals surface area contributed by atoms with Gasteiger partial charge in [0.15, 0.2) is 0 Å². The van der Waals surface area contributed by atoms with Gasteiger partial charge in [0.05, 0.1) is 0 Å². The molecule has 0 aliphatic carbocycles. The van der Waals surface area contributed by atoms with E-state index in [-0.39, 0.29) is 0 Å². The minimum absolute atomic E-state index is 0.597. The summed E-state index contributed by atoms with van der Waals surface area (Å²) < 4.78 is 0. The second-order valence-electron chi connectivity index (χ2n) is 3.00. The summed E-state index contributed by atoms with van der Waals surface area (Å²) in [6, 6.07) is 0. The van der Waals surface area contributed by atoms with Crippen molar-refractivity contribution < 1.29 is 0 Å². The third-order valence-corrected chi connectivity index (χ3v) is 4.00. The number of nitrogens with zero attached hydrogens (tertiary/aromatic N) is 1. The number of hydrogen-bond donors (Lipinski definition) is 3. The molecular weight excluding hydrogens is 156 g/mol. The van der Waals surface area contributed by atoms with Crippen LogP contribution < -0.4 is 14.9 Å². The lowest BCUT2D eigenvalue weighted by Gasteiger charge is -2.32. The van der Waals surface area contributed by atoms with Gasteiger partial charge in [-0.05, 0) is 0 Å². The predicted molar refractivity (Wildman–Crippen MR) is 46.2 cm³/mol. The third-order valence-electron chi connectivity index (χ3n) is 2.19. The zero-order valence-electron chi connectivity index (χ0n) is 6.69. The van der Waals surface area contributed by atoms with E-state index in [0.29, 0.717) is 0 Å². The van der Waals surface area contributed by atoms with Crippen LogP contribution in [0.3, 0.4) is 0 Å². The van der Waals surface area contributed by atoms with Crippen LogP contribution in [0.5, 0.6) is 0 Å². The molecule has 0 spiro atoms. The van der Waals surface area contributed by atoms with Gasteiger partial charge in [-0.3, -0.25) is 4.90 Å². The summed E-state index contributed by atoms with van der Waals surface area (Å²) in [5.74, 6) is 0. The van der Waals surface area contributed by atoms with Crippen molar-refractivity contribution in [3.63, 3.8) is 0 Å². The van der Waals surface area contributed by atoms with E-state index in [1.807, 2.05) is 0 Å². The molecule has 2 bridgehead atoms. The first-order valence-electron chi connectivity index (χ1n) is 4.26. The molecule has 3 heterocycles. The molecule has 3 saturated heterocycles. The maximum Gasteiger partial charge on any atom is 0.319 e. The summed E-state index contributed by atoms with van der Waals surface area (Å²) in [4.78, 5) is 13.0. The molecule has 4 nitrogen and oxygen atoms in total. The highest BCUT2D eigenvalue weighted by Crippen LogP contribution is 1.91. The van der Waals surface area contributed by atoms with Crippen LogP contribution in [-0.2, 0) is 0 Å². The molecule has 0 atom stereocenters. The Kier molecular flexibility index (Phi) is 2.54. The van der Waals surface area contributed by atoms with Crippen LogP contribution >= 0.6 is 0 Å². The third kappa shape index (κ3) is 2.00. The van der Waals surface area contributed by atoms with Crippen molar-refractivity contribution in [1.29, 1.82) is 0 Å². The average molecular weight is 171 g/mol. The van der Waals surface area contributed by atoms with Crippen LogP contribution in [0.25, 0.3) is 0 Å². The fraction of sp³-hybridized carbons (Fsp3) is 1.00. The highest BCUT2D eigenvalue weighted by molar-refractivity contribution is 6.50. The van der Waals surface area contributed by atoms with Gasteiger partial charge in [-0.1, -0.05) is 0 Å². The first-order valence-corrected chi connectivity index (χ1v) is 5.76. The van der Waals surface area contributed by atoms with Gasteiger partial charge in [-0.25, -0.2) is 0 Å². The lowest BCUT2D eigenvalue weighted by Crippen LogP contribution is -2.65. The Morgan fingerprint density at radius 2 is 1.27 bits per heavy atom. The fourth-order valence-electron chi connectivity index (χ4n) is 1.54. The molecule has 0 amide bonds. The van der Waals surface area contributed by atoms with Crippen LogP contribution in [0.2, 0.25) is 0 Å². The summed E-state index contributed by atoms with van der Waals surface area (Å²) in [6.07, 6.45) is 0. The maximum absolute atomic E-state index is 3.49. The van der Waals surface area contributed by atoms with Crippen LogP contribution in [-0.4, -0.2) is 53.4 Å². The fourth-order valence-corrected chi connectivity index (χ4v) is 3.00. The number of rotatable bonds is 0. The highest BCUT2D eigenvalue weighted by atomic mass is 28.3. The highest BCUT2D eigenvalue weighted by Gasteiger charge is 2.19. The van der Waals surface area contributed by atoms with Crippen molar-refractivity contribution in [3.05, 3.63) is 0 Å². The summed E-state index contributed by atoms with van der Waals surface area (Å²) in [7, 11) is -0.597.